The van der Waals surface area contributed by atoms with Crippen LogP contribution in [-0.2, 0) is 0 Å². The number of rotatable bonds is 2. The van der Waals surface area contributed by atoms with Crippen molar-refractivity contribution in [3.63, 3.8) is 0 Å². The van der Waals surface area contributed by atoms with E-state index in [2.05, 4.69) is 20.8 Å². The zero-order chi connectivity index (χ0) is 7.78. The highest BCUT2D eigenvalue weighted by Crippen LogP contribution is 2.49. The van der Waals surface area contributed by atoms with Crippen molar-refractivity contribution in [3.8, 4) is 0 Å². The molecule has 60 valence electrons. The Morgan fingerprint density at radius 3 is 2.10 bits per heavy atom. The first-order valence-corrected chi connectivity index (χ1v) is 4.29. The highest BCUT2D eigenvalue weighted by molar-refractivity contribution is 4.94. The molecule has 0 saturated heterocycles. The van der Waals surface area contributed by atoms with Crippen LogP contribution < -0.4 is 0 Å². The fraction of sp³-hybridized carbons (Fsp3) is 1.00. The quantitative estimate of drug-likeness (QED) is 0.626. The van der Waals surface area contributed by atoms with Crippen molar-refractivity contribution < 1.29 is 5.11 Å². The zero-order valence-electron chi connectivity index (χ0n) is 7.22. The van der Waals surface area contributed by atoms with Gasteiger partial charge in [0.2, 0.25) is 0 Å². The lowest BCUT2D eigenvalue weighted by atomic mass is 9.59. The van der Waals surface area contributed by atoms with Crippen LogP contribution in [0.5, 0.6) is 0 Å². The molecule has 1 aliphatic carbocycles. The van der Waals surface area contributed by atoms with E-state index in [0.717, 1.165) is 18.8 Å². The largest absolute Gasteiger partial charge is 0.393 e. The van der Waals surface area contributed by atoms with Gasteiger partial charge in [0.15, 0.2) is 0 Å². The van der Waals surface area contributed by atoms with E-state index >= 15 is 0 Å². The van der Waals surface area contributed by atoms with E-state index in [1.54, 1.807) is 0 Å². The van der Waals surface area contributed by atoms with E-state index in [1.165, 1.54) is 6.42 Å². The number of aliphatic hydroxyl groups excluding tert-OH is 1. The maximum Gasteiger partial charge on any atom is 0.0551 e. The minimum absolute atomic E-state index is 0.00218. The average molecular weight is 142 g/mol. The summed E-state index contributed by atoms with van der Waals surface area (Å²) in [5.74, 6) is 0.737. The standard InChI is InChI=1S/C9H18O/c1-4-9(7(2)3)5-8(10)6-9/h7-8,10H,4-6H2,1-3H3. The van der Waals surface area contributed by atoms with E-state index in [-0.39, 0.29) is 6.10 Å². The molecule has 1 saturated carbocycles. The average Bonchev–Trinajstić information content (AvgIpc) is 1.79. The maximum atomic E-state index is 9.16. The van der Waals surface area contributed by atoms with Crippen molar-refractivity contribution >= 4 is 0 Å². The second-order valence-electron chi connectivity index (χ2n) is 3.93. The molecular weight excluding hydrogens is 124 g/mol. The van der Waals surface area contributed by atoms with Gasteiger partial charge in [-0.1, -0.05) is 27.2 Å². The Kier molecular flexibility index (Phi) is 2.04. The summed E-state index contributed by atoms with van der Waals surface area (Å²) >= 11 is 0. The molecule has 10 heavy (non-hydrogen) atoms. The Balaban J connectivity index is 2.48. The van der Waals surface area contributed by atoms with Gasteiger partial charge in [0.1, 0.15) is 0 Å². The number of hydrogen-bond acceptors (Lipinski definition) is 1. The molecule has 1 nitrogen and oxygen atoms in total. The summed E-state index contributed by atoms with van der Waals surface area (Å²) in [6, 6.07) is 0. The van der Waals surface area contributed by atoms with Crippen molar-refractivity contribution in [2.75, 3.05) is 0 Å². The molecule has 1 aliphatic rings. The molecule has 0 aromatic heterocycles. The third kappa shape index (κ3) is 1.07. The molecule has 0 amide bonds. The molecular formula is C9H18O. The summed E-state index contributed by atoms with van der Waals surface area (Å²) in [5, 5.41) is 9.16. The molecule has 0 bridgehead atoms. The van der Waals surface area contributed by atoms with Crippen LogP contribution >= 0.6 is 0 Å². The van der Waals surface area contributed by atoms with Crippen LogP contribution in [0.1, 0.15) is 40.0 Å². The predicted molar refractivity (Wildman–Crippen MR) is 42.8 cm³/mol. The van der Waals surface area contributed by atoms with E-state index in [0.29, 0.717) is 5.41 Å². The van der Waals surface area contributed by atoms with Gasteiger partial charge < -0.3 is 5.11 Å². The van der Waals surface area contributed by atoms with E-state index in [4.69, 9.17) is 5.11 Å². The van der Waals surface area contributed by atoms with Crippen molar-refractivity contribution in [2.24, 2.45) is 11.3 Å². The first kappa shape index (κ1) is 8.06. The third-order valence-electron chi connectivity index (χ3n) is 3.21. The number of aliphatic hydroxyl groups is 1. The van der Waals surface area contributed by atoms with Crippen LogP contribution in [0.3, 0.4) is 0 Å². The lowest BCUT2D eigenvalue weighted by Crippen LogP contribution is -2.44. The van der Waals surface area contributed by atoms with Crippen molar-refractivity contribution in [3.05, 3.63) is 0 Å². The van der Waals surface area contributed by atoms with Gasteiger partial charge in [-0.05, 0) is 24.2 Å². The van der Waals surface area contributed by atoms with Crippen LogP contribution in [0.4, 0.5) is 0 Å². The number of hydrogen-bond donors (Lipinski definition) is 1. The second-order valence-corrected chi connectivity index (χ2v) is 3.93. The van der Waals surface area contributed by atoms with Crippen molar-refractivity contribution in [1.29, 1.82) is 0 Å². The molecule has 0 heterocycles. The van der Waals surface area contributed by atoms with Gasteiger partial charge in [0.25, 0.3) is 0 Å². The monoisotopic (exact) mass is 142 g/mol. The first-order valence-electron chi connectivity index (χ1n) is 4.29. The molecule has 1 N–H and O–H groups in total. The Labute approximate surface area is 63.4 Å². The molecule has 1 fully saturated rings. The normalized spacial score (nSPS) is 39.9. The van der Waals surface area contributed by atoms with Crippen LogP contribution in [-0.4, -0.2) is 11.2 Å². The predicted octanol–water partition coefficient (Wildman–Crippen LogP) is 2.19. The van der Waals surface area contributed by atoms with E-state index in [1.807, 2.05) is 0 Å². The van der Waals surface area contributed by atoms with Crippen molar-refractivity contribution in [2.45, 2.75) is 46.1 Å². The molecule has 1 heteroatoms. The first-order chi connectivity index (χ1) is 4.60. The third-order valence-corrected chi connectivity index (χ3v) is 3.21. The molecule has 0 aliphatic heterocycles. The summed E-state index contributed by atoms with van der Waals surface area (Å²) in [7, 11) is 0. The lowest BCUT2D eigenvalue weighted by molar-refractivity contribution is -0.0639. The van der Waals surface area contributed by atoms with Crippen LogP contribution in [0.25, 0.3) is 0 Å². The van der Waals surface area contributed by atoms with Gasteiger partial charge in [-0.2, -0.15) is 0 Å². The van der Waals surface area contributed by atoms with Crippen LogP contribution in [0.15, 0.2) is 0 Å². The molecule has 0 radical (unpaired) electrons. The summed E-state index contributed by atoms with van der Waals surface area (Å²) in [5.41, 5.74) is 0.486. The summed E-state index contributed by atoms with van der Waals surface area (Å²) in [6.45, 7) is 6.75. The molecule has 0 spiro atoms. The molecule has 0 unspecified atom stereocenters. The summed E-state index contributed by atoms with van der Waals surface area (Å²) < 4.78 is 0. The molecule has 1 rings (SSSR count). The van der Waals surface area contributed by atoms with Gasteiger partial charge in [-0.15, -0.1) is 0 Å². The van der Waals surface area contributed by atoms with Gasteiger partial charge in [0, 0.05) is 0 Å². The molecule has 0 aromatic rings. The smallest absolute Gasteiger partial charge is 0.0551 e. The van der Waals surface area contributed by atoms with E-state index in [9.17, 15) is 0 Å². The SMILES string of the molecule is CCC1(C(C)C)CC(O)C1. The topological polar surface area (TPSA) is 20.2 Å². The lowest BCUT2D eigenvalue weighted by Gasteiger charge is -2.48. The highest BCUT2D eigenvalue weighted by atomic mass is 16.3. The Hall–Kier alpha value is -0.0400. The highest BCUT2D eigenvalue weighted by Gasteiger charge is 2.43. The van der Waals surface area contributed by atoms with Gasteiger partial charge in [-0.25, -0.2) is 0 Å². The summed E-state index contributed by atoms with van der Waals surface area (Å²) in [6.07, 6.45) is 3.28. The van der Waals surface area contributed by atoms with E-state index < -0.39 is 0 Å². The Morgan fingerprint density at radius 2 is 2.00 bits per heavy atom. The fourth-order valence-corrected chi connectivity index (χ4v) is 2.05. The molecule has 0 aromatic carbocycles. The second kappa shape index (κ2) is 2.54. The minimum Gasteiger partial charge on any atom is -0.393 e. The fourth-order valence-electron chi connectivity index (χ4n) is 2.05. The van der Waals surface area contributed by atoms with Crippen LogP contribution in [0.2, 0.25) is 0 Å². The zero-order valence-corrected chi connectivity index (χ0v) is 7.22. The van der Waals surface area contributed by atoms with Crippen LogP contribution in [0, 0.1) is 11.3 Å². The summed E-state index contributed by atoms with van der Waals surface area (Å²) in [4.78, 5) is 0. The molecule has 0 atom stereocenters. The minimum atomic E-state index is 0.00218. The van der Waals surface area contributed by atoms with Gasteiger partial charge in [-0.3, -0.25) is 0 Å². The van der Waals surface area contributed by atoms with Crippen molar-refractivity contribution in [1.82, 2.24) is 0 Å². The Bertz CT molecular complexity index is 112. The van der Waals surface area contributed by atoms with Gasteiger partial charge >= 0.3 is 0 Å². The van der Waals surface area contributed by atoms with Gasteiger partial charge in [0.05, 0.1) is 6.10 Å². The Morgan fingerprint density at radius 1 is 1.50 bits per heavy atom. The maximum absolute atomic E-state index is 9.16.